The molecule has 5 heteroatoms. The summed E-state index contributed by atoms with van der Waals surface area (Å²) >= 11 is 1.59. The second-order valence-electron chi connectivity index (χ2n) is 4.85. The molecule has 1 saturated carbocycles. The first-order chi connectivity index (χ1) is 9.83. The molecule has 0 spiro atoms. The molecule has 2 aromatic rings. The molecule has 1 amide bonds. The van der Waals surface area contributed by atoms with Crippen molar-refractivity contribution in [2.75, 3.05) is 0 Å². The summed E-state index contributed by atoms with van der Waals surface area (Å²) in [4.78, 5) is 17.2. The summed E-state index contributed by atoms with van der Waals surface area (Å²) in [6, 6.07) is 9.65. The molecule has 0 radical (unpaired) electrons. The number of aromatic nitrogens is 1. The number of alkyl carbamates (subject to hydrolysis) is 1. The maximum atomic E-state index is 11.7. The minimum atomic E-state index is -0.385. The number of rotatable bonds is 5. The summed E-state index contributed by atoms with van der Waals surface area (Å²) in [5.41, 5.74) is 3.98. The van der Waals surface area contributed by atoms with Gasteiger partial charge in [-0.3, -0.25) is 0 Å². The van der Waals surface area contributed by atoms with E-state index >= 15 is 0 Å². The van der Waals surface area contributed by atoms with E-state index in [0.717, 1.165) is 16.1 Å². The van der Waals surface area contributed by atoms with Gasteiger partial charge in [0.15, 0.2) is 0 Å². The van der Waals surface area contributed by atoms with Gasteiger partial charge < -0.3 is 10.1 Å². The molecule has 1 aromatic heterocycles. The van der Waals surface area contributed by atoms with Gasteiger partial charge >= 0.3 is 6.09 Å². The summed E-state index contributed by atoms with van der Waals surface area (Å²) in [5.74, 6) is 0.610. The zero-order chi connectivity index (χ0) is 13.8. The van der Waals surface area contributed by atoms with Gasteiger partial charge in [-0.05, 0) is 18.4 Å². The minimum Gasteiger partial charge on any atom is -0.445 e. The fourth-order valence-corrected chi connectivity index (χ4v) is 2.82. The number of nitrogens with zero attached hydrogens (tertiary/aromatic N) is 1. The highest BCUT2D eigenvalue weighted by atomic mass is 32.1. The lowest BCUT2D eigenvalue weighted by molar-refractivity contribution is 0.139. The maximum absolute atomic E-state index is 11.7. The lowest BCUT2D eigenvalue weighted by Gasteiger charge is -2.07. The fraction of sp³-hybridized carbons (Fsp3) is 0.333. The van der Waals surface area contributed by atoms with Crippen molar-refractivity contribution in [3.8, 4) is 0 Å². The summed E-state index contributed by atoms with van der Waals surface area (Å²) < 4.78 is 5.18. The van der Waals surface area contributed by atoms with Crippen LogP contribution in [-0.4, -0.2) is 11.1 Å². The molecule has 0 saturated heterocycles. The Kier molecular flexibility index (Phi) is 3.97. The number of carbonyl (C=O) groups excluding carboxylic acids is 1. The predicted molar refractivity (Wildman–Crippen MR) is 77.6 cm³/mol. The van der Waals surface area contributed by atoms with E-state index in [1.165, 1.54) is 12.8 Å². The molecule has 4 nitrogen and oxygen atoms in total. The van der Waals surface area contributed by atoms with E-state index in [2.05, 4.69) is 10.3 Å². The molecule has 104 valence electrons. The van der Waals surface area contributed by atoms with Crippen LogP contribution in [0.2, 0.25) is 0 Å². The average Bonchev–Trinajstić information content (AvgIpc) is 3.22. The number of nitrogens with one attached hydrogen (secondary N) is 1. The Balaban J connectivity index is 1.46. The first kappa shape index (κ1) is 13.1. The number of thiazole rings is 1. The highest BCUT2D eigenvalue weighted by molar-refractivity contribution is 7.09. The van der Waals surface area contributed by atoms with Crippen molar-refractivity contribution in [3.63, 3.8) is 0 Å². The monoisotopic (exact) mass is 288 g/mol. The smallest absolute Gasteiger partial charge is 0.407 e. The largest absolute Gasteiger partial charge is 0.445 e. The molecule has 0 bridgehead atoms. The van der Waals surface area contributed by atoms with Crippen LogP contribution >= 0.6 is 11.3 Å². The molecule has 1 N–H and O–H groups in total. The highest BCUT2D eigenvalue weighted by Gasteiger charge is 2.28. The van der Waals surface area contributed by atoms with Gasteiger partial charge in [0.25, 0.3) is 0 Å². The normalized spacial score (nSPS) is 14.0. The van der Waals surface area contributed by atoms with Crippen molar-refractivity contribution in [3.05, 3.63) is 52.0 Å². The van der Waals surface area contributed by atoms with Crippen LogP contribution < -0.4 is 5.32 Å². The van der Waals surface area contributed by atoms with Crippen LogP contribution in [0.3, 0.4) is 0 Å². The van der Waals surface area contributed by atoms with Crippen molar-refractivity contribution in [1.29, 1.82) is 0 Å². The molecule has 20 heavy (non-hydrogen) atoms. The van der Waals surface area contributed by atoms with Crippen LogP contribution in [0.5, 0.6) is 0 Å². The minimum absolute atomic E-state index is 0.296. The predicted octanol–water partition coefficient (Wildman–Crippen LogP) is 3.45. The van der Waals surface area contributed by atoms with Gasteiger partial charge in [-0.25, -0.2) is 9.78 Å². The van der Waals surface area contributed by atoms with Crippen LogP contribution in [-0.2, 0) is 17.9 Å². The van der Waals surface area contributed by atoms with Crippen LogP contribution in [0.15, 0.2) is 35.8 Å². The van der Waals surface area contributed by atoms with Crippen molar-refractivity contribution in [2.45, 2.75) is 31.9 Å². The molecular formula is C15H16N2O2S. The Morgan fingerprint density at radius 2 is 2.15 bits per heavy atom. The molecule has 1 aliphatic carbocycles. The Morgan fingerprint density at radius 1 is 1.35 bits per heavy atom. The number of ether oxygens (including phenoxy) is 1. The van der Waals surface area contributed by atoms with E-state index in [0.29, 0.717) is 19.1 Å². The van der Waals surface area contributed by atoms with E-state index in [-0.39, 0.29) is 6.09 Å². The van der Waals surface area contributed by atoms with Crippen molar-refractivity contribution in [2.24, 2.45) is 0 Å². The van der Waals surface area contributed by atoms with E-state index < -0.39 is 0 Å². The van der Waals surface area contributed by atoms with Gasteiger partial charge in [0, 0.05) is 10.8 Å². The standard InChI is InChI=1S/C15H16N2O2S/c18-15(19-9-11-4-2-1-3-5-11)16-8-13-14(12-6-7-12)17-10-20-13/h1-5,10,12H,6-9H2,(H,16,18). The lowest BCUT2D eigenvalue weighted by Crippen LogP contribution is -2.23. The van der Waals surface area contributed by atoms with Gasteiger partial charge in [-0.1, -0.05) is 30.3 Å². The first-order valence-electron chi connectivity index (χ1n) is 6.70. The van der Waals surface area contributed by atoms with Gasteiger partial charge in [0.05, 0.1) is 17.7 Å². The van der Waals surface area contributed by atoms with Gasteiger partial charge in [0.2, 0.25) is 0 Å². The Hall–Kier alpha value is -1.88. The number of amides is 1. The summed E-state index contributed by atoms with van der Waals surface area (Å²) in [7, 11) is 0. The van der Waals surface area contributed by atoms with Crippen LogP contribution in [0.25, 0.3) is 0 Å². The van der Waals surface area contributed by atoms with Crippen LogP contribution in [0.1, 0.15) is 34.9 Å². The van der Waals surface area contributed by atoms with E-state index in [1.807, 2.05) is 35.8 Å². The molecule has 1 heterocycles. The average molecular weight is 288 g/mol. The molecule has 1 aromatic carbocycles. The third-order valence-electron chi connectivity index (χ3n) is 3.24. The van der Waals surface area contributed by atoms with Gasteiger partial charge in [0.1, 0.15) is 6.61 Å². The Labute approximate surface area is 121 Å². The van der Waals surface area contributed by atoms with Crippen molar-refractivity contribution >= 4 is 17.4 Å². The van der Waals surface area contributed by atoms with E-state index in [1.54, 1.807) is 11.3 Å². The van der Waals surface area contributed by atoms with Gasteiger partial charge in [-0.2, -0.15) is 0 Å². The molecule has 0 aliphatic heterocycles. The molecule has 0 atom stereocenters. The first-order valence-corrected chi connectivity index (χ1v) is 7.57. The van der Waals surface area contributed by atoms with Crippen LogP contribution in [0, 0.1) is 0 Å². The molecule has 3 rings (SSSR count). The molecule has 0 unspecified atom stereocenters. The third-order valence-corrected chi connectivity index (χ3v) is 4.09. The summed E-state index contributed by atoms with van der Waals surface area (Å²) in [6.45, 7) is 0.801. The number of benzene rings is 1. The Bertz CT molecular complexity index is 579. The van der Waals surface area contributed by atoms with Crippen LogP contribution in [0.4, 0.5) is 4.79 Å². The number of carbonyl (C=O) groups is 1. The fourth-order valence-electron chi connectivity index (χ4n) is 2.03. The summed E-state index contributed by atoms with van der Waals surface area (Å²) in [6.07, 6.45) is 2.05. The maximum Gasteiger partial charge on any atom is 0.407 e. The highest BCUT2D eigenvalue weighted by Crippen LogP contribution is 2.41. The second kappa shape index (κ2) is 6.05. The zero-order valence-electron chi connectivity index (χ0n) is 11.0. The zero-order valence-corrected chi connectivity index (χ0v) is 11.9. The second-order valence-corrected chi connectivity index (χ2v) is 5.79. The Morgan fingerprint density at radius 3 is 2.90 bits per heavy atom. The number of hydrogen-bond acceptors (Lipinski definition) is 4. The molecule has 1 fully saturated rings. The topological polar surface area (TPSA) is 51.2 Å². The van der Waals surface area contributed by atoms with Crippen molar-refractivity contribution < 1.29 is 9.53 Å². The van der Waals surface area contributed by atoms with Crippen molar-refractivity contribution in [1.82, 2.24) is 10.3 Å². The SMILES string of the molecule is O=C(NCc1scnc1C1CC1)OCc1ccccc1. The number of hydrogen-bond donors (Lipinski definition) is 1. The summed E-state index contributed by atoms with van der Waals surface area (Å²) in [5, 5.41) is 2.79. The van der Waals surface area contributed by atoms with E-state index in [9.17, 15) is 4.79 Å². The molecule has 1 aliphatic rings. The molecular weight excluding hydrogens is 272 g/mol. The quantitative estimate of drug-likeness (QED) is 0.916. The van der Waals surface area contributed by atoms with E-state index in [4.69, 9.17) is 4.74 Å². The van der Waals surface area contributed by atoms with Gasteiger partial charge in [-0.15, -0.1) is 11.3 Å². The third kappa shape index (κ3) is 3.36. The lowest BCUT2D eigenvalue weighted by atomic mass is 10.2.